The first-order chi connectivity index (χ1) is 16.2. The lowest BCUT2D eigenvalue weighted by Crippen LogP contribution is -2.00. The molecule has 0 aliphatic rings. The van der Waals surface area contributed by atoms with Crippen LogP contribution in [0.5, 0.6) is 5.88 Å². The molecule has 0 saturated carbocycles. The molecule has 0 unspecified atom stereocenters. The molecule has 0 atom stereocenters. The molecule has 0 spiro atoms. The van der Waals surface area contributed by atoms with Crippen LogP contribution in [0.15, 0.2) is 79.4 Å². The van der Waals surface area contributed by atoms with Gasteiger partial charge in [-0.1, -0.05) is 36.4 Å². The Balaban J connectivity index is 1.35. The molecule has 1 aromatic carbocycles. The van der Waals surface area contributed by atoms with Crippen LogP contribution in [-0.2, 0) is 19.3 Å². The molecule has 5 rings (SSSR count). The maximum atomic E-state index is 13.5. The number of nitrogens with one attached hydrogen (secondary N) is 1. The minimum Gasteiger partial charge on any atom is -0.481 e. The van der Waals surface area contributed by atoms with Gasteiger partial charge in [-0.05, 0) is 53.3 Å². The molecular weight excluding hydrogens is 415 g/mol. The van der Waals surface area contributed by atoms with Crippen molar-refractivity contribution in [2.75, 3.05) is 7.11 Å². The van der Waals surface area contributed by atoms with E-state index in [0.29, 0.717) is 18.7 Å². The molecule has 164 valence electrons. The zero-order chi connectivity index (χ0) is 22.6. The molecule has 0 saturated heterocycles. The van der Waals surface area contributed by atoms with Gasteiger partial charge in [0.2, 0.25) is 5.88 Å². The molecular formula is C27H23FN4O. The first-order valence-electron chi connectivity index (χ1n) is 10.8. The van der Waals surface area contributed by atoms with E-state index in [1.165, 1.54) is 29.0 Å². The van der Waals surface area contributed by atoms with Crippen molar-refractivity contribution < 1.29 is 9.13 Å². The summed E-state index contributed by atoms with van der Waals surface area (Å²) in [5.74, 6) is 0.0902. The van der Waals surface area contributed by atoms with Crippen LogP contribution < -0.4 is 4.74 Å². The van der Waals surface area contributed by atoms with Crippen LogP contribution in [0.4, 0.5) is 4.39 Å². The number of H-pyrrole nitrogens is 1. The highest BCUT2D eigenvalue weighted by molar-refractivity contribution is 5.95. The topological polar surface area (TPSA) is 63.7 Å². The predicted octanol–water partition coefficient (Wildman–Crippen LogP) is 5.54. The Morgan fingerprint density at radius 1 is 0.909 bits per heavy atom. The van der Waals surface area contributed by atoms with Crippen LogP contribution in [-0.4, -0.2) is 27.0 Å². The fourth-order valence-corrected chi connectivity index (χ4v) is 4.14. The number of aromatic amines is 1. The Bertz CT molecular complexity index is 1380. The molecule has 5 aromatic rings. The zero-order valence-corrected chi connectivity index (χ0v) is 18.3. The molecule has 0 fully saturated rings. The first-order valence-corrected chi connectivity index (χ1v) is 10.8. The fraction of sp³-hybridized carbons (Fsp3) is 0.148. The second-order valence-corrected chi connectivity index (χ2v) is 7.92. The molecule has 4 heterocycles. The van der Waals surface area contributed by atoms with Crippen molar-refractivity contribution in [3.63, 3.8) is 0 Å². The summed E-state index contributed by atoms with van der Waals surface area (Å²) in [6.07, 6.45) is 8.98. The van der Waals surface area contributed by atoms with E-state index in [0.717, 1.165) is 34.3 Å². The Labute approximate surface area is 191 Å². The average Bonchev–Trinajstić information content (AvgIpc) is 3.27. The highest BCUT2D eigenvalue weighted by Crippen LogP contribution is 2.31. The van der Waals surface area contributed by atoms with Gasteiger partial charge in [0.25, 0.3) is 0 Å². The van der Waals surface area contributed by atoms with Gasteiger partial charge in [0.1, 0.15) is 11.5 Å². The highest BCUT2D eigenvalue weighted by Gasteiger charge is 2.12. The second kappa shape index (κ2) is 9.20. The molecule has 1 N–H and O–H groups in total. The van der Waals surface area contributed by atoms with Crippen LogP contribution >= 0.6 is 0 Å². The van der Waals surface area contributed by atoms with Gasteiger partial charge in [0, 0.05) is 41.7 Å². The number of rotatable bonds is 7. The number of fused-ring (bicyclic) bond motifs is 1. The lowest BCUT2D eigenvalue weighted by atomic mass is 9.98. The minimum absolute atomic E-state index is 0.364. The van der Waals surface area contributed by atoms with Crippen LogP contribution in [0.3, 0.4) is 0 Å². The summed E-state index contributed by atoms with van der Waals surface area (Å²) in [7, 11) is 1.54. The number of benzene rings is 1. The summed E-state index contributed by atoms with van der Waals surface area (Å²) < 4.78 is 18.8. The number of hydrogen-bond donors (Lipinski definition) is 1. The molecule has 0 radical (unpaired) electrons. The summed E-state index contributed by atoms with van der Waals surface area (Å²) in [5.41, 5.74) is 7.20. The average molecular weight is 439 g/mol. The Morgan fingerprint density at radius 2 is 1.79 bits per heavy atom. The normalized spacial score (nSPS) is 11.1. The molecule has 0 aliphatic carbocycles. The SMILES string of the molecule is COc1ncc(F)cc1CCc1ccc(Cc2c[nH]c3nccc(-c4ccccc4)c23)cn1. The van der Waals surface area contributed by atoms with Gasteiger partial charge >= 0.3 is 0 Å². The summed E-state index contributed by atoms with van der Waals surface area (Å²) in [6.45, 7) is 0. The third-order valence-corrected chi connectivity index (χ3v) is 5.76. The Hall–Kier alpha value is -4.06. The number of aromatic nitrogens is 4. The predicted molar refractivity (Wildman–Crippen MR) is 127 cm³/mol. The van der Waals surface area contributed by atoms with Crippen LogP contribution in [0.25, 0.3) is 22.2 Å². The highest BCUT2D eigenvalue weighted by atomic mass is 19.1. The summed E-state index contributed by atoms with van der Waals surface area (Å²) >= 11 is 0. The maximum Gasteiger partial charge on any atom is 0.216 e. The lowest BCUT2D eigenvalue weighted by molar-refractivity contribution is 0.390. The van der Waals surface area contributed by atoms with Gasteiger partial charge in [0.15, 0.2) is 0 Å². The van der Waals surface area contributed by atoms with E-state index in [1.807, 2.05) is 42.9 Å². The van der Waals surface area contributed by atoms with Crippen molar-refractivity contribution in [3.8, 4) is 17.0 Å². The molecule has 5 nitrogen and oxygen atoms in total. The van der Waals surface area contributed by atoms with E-state index >= 15 is 0 Å². The van der Waals surface area contributed by atoms with Gasteiger partial charge in [-0.15, -0.1) is 0 Å². The van der Waals surface area contributed by atoms with Crippen molar-refractivity contribution in [1.29, 1.82) is 0 Å². The molecule has 0 amide bonds. The standard InChI is InChI=1S/C27H23FN4O/c1-33-27-20(14-22(28)17-32-27)8-10-23-9-7-18(15-30-23)13-21-16-31-26-25(21)24(11-12-29-26)19-5-3-2-4-6-19/h2-7,9,11-12,14-17H,8,10,13H2,1H3,(H,29,31). The number of halogens is 1. The number of aryl methyl sites for hydroxylation is 2. The smallest absolute Gasteiger partial charge is 0.216 e. The molecule has 0 aliphatic heterocycles. The van der Waals surface area contributed by atoms with E-state index in [1.54, 1.807) is 7.11 Å². The summed E-state index contributed by atoms with van der Waals surface area (Å²) in [4.78, 5) is 16.4. The molecule has 4 aromatic heterocycles. The van der Waals surface area contributed by atoms with Crippen molar-refractivity contribution in [2.24, 2.45) is 0 Å². The zero-order valence-electron chi connectivity index (χ0n) is 18.3. The van der Waals surface area contributed by atoms with Crippen LogP contribution in [0.1, 0.15) is 22.4 Å². The van der Waals surface area contributed by atoms with Crippen molar-refractivity contribution in [3.05, 3.63) is 108 Å². The molecule has 33 heavy (non-hydrogen) atoms. The summed E-state index contributed by atoms with van der Waals surface area (Å²) in [5, 5.41) is 1.14. The van der Waals surface area contributed by atoms with Gasteiger partial charge in [-0.25, -0.2) is 14.4 Å². The van der Waals surface area contributed by atoms with E-state index in [9.17, 15) is 4.39 Å². The van der Waals surface area contributed by atoms with Crippen molar-refractivity contribution in [2.45, 2.75) is 19.3 Å². The van der Waals surface area contributed by atoms with E-state index < -0.39 is 0 Å². The van der Waals surface area contributed by atoms with Crippen molar-refractivity contribution in [1.82, 2.24) is 19.9 Å². The van der Waals surface area contributed by atoms with Gasteiger partial charge in [0.05, 0.1) is 13.3 Å². The minimum atomic E-state index is -0.364. The second-order valence-electron chi connectivity index (χ2n) is 7.92. The number of pyridine rings is 3. The fourth-order valence-electron chi connectivity index (χ4n) is 4.14. The third kappa shape index (κ3) is 4.46. The quantitative estimate of drug-likeness (QED) is 0.362. The maximum absolute atomic E-state index is 13.5. The van der Waals surface area contributed by atoms with E-state index in [2.05, 4.69) is 44.2 Å². The third-order valence-electron chi connectivity index (χ3n) is 5.76. The van der Waals surface area contributed by atoms with Gasteiger partial charge in [-0.3, -0.25) is 4.98 Å². The monoisotopic (exact) mass is 438 g/mol. The number of ether oxygens (including phenoxy) is 1. The summed E-state index contributed by atoms with van der Waals surface area (Å²) in [6, 6.07) is 18.0. The van der Waals surface area contributed by atoms with Crippen LogP contribution in [0, 0.1) is 5.82 Å². The Kier molecular flexibility index (Phi) is 5.81. The molecule has 6 heteroatoms. The number of methoxy groups -OCH3 is 1. The largest absolute Gasteiger partial charge is 0.481 e. The lowest BCUT2D eigenvalue weighted by Gasteiger charge is -2.08. The van der Waals surface area contributed by atoms with Crippen LogP contribution in [0.2, 0.25) is 0 Å². The Morgan fingerprint density at radius 3 is 2.58 bits per heavy atom. The number of hydrogen-bond acceptors (Lipinski definition) is 4. The van der Waals surface area contributed by atoms with E-state index in [-0.39, 0.29) is 5.82 Å². The van der Waals surface area contributed by atoms with E-state index in [4.69, 9.17) is 4.74 Å². The number of nitrogens with zero attached hydrogens (tertiary/aromatic N) is 3. The first kappa shape index (κ1) is 20.8. The van der Waals surface area contributed by atoms with Gasteiger partial charge in [-0.2, -0.15) is 0 Å². The molecule has 0 bridgehead atoms. The van der Waals surface area contributed by atoms with Crippen molar-refractivity contribution >= 4 is 11.0 Å². The van der Waals surface area contributed by atoms with Gasteiger partial charge < -0.3 is 9.72 Å².